The molecule has 2 rings (SSSR count). The van der Waals surface area contributed by atoms with Gasteiger partial charge in [-0.3, -0.25) is 0 Å². The van der Waals surface area contributed by atoms with Crippen molar-refractivity contribution in [2.24, 2.45) is 0 Å². The zero-order valence-electron chi connectivity index (χ0n) is 14.2. The Balaban J connectivity index is 1.91. The predicted molar refractivity (Wildman–Crippen MR) is 91.7 cm³/mol. The molecule has 1 aliphatic carbocycles. The van der Waals surface area contributed by atoms with Gasteiger partial charge in [-0.2, -0.15) is 0 Å². The van der Waals surface area contributed by atoms with E-state index in [0.717, 1.165) is 31.1 Å². The molecule has 22 heavy (non-hydrogen) atoms. The molecule has 0 bridgehead atoms. The Morgan fingerprint density at radius 3 is 2.68 bits per heavy atom. The Bertz CT molecular complexity index is 427. The van der Waals surface area contributed by atoms with Gasteiger partial charge in [-0.05, 0) is 25.3 Å². The molecule has 0 amide bonds. The second kappa shape index (κ2) is 9.73. The van der Waals surface area contributed by atoms with E-state index in [-0.39, 0.29) is 0 Å². The highest BCUT2D eigenvalue weighted by atomic mass is 16.5. The molecule has 0 aliphatic heterocycles. The van der Waals surface area contributed by atoms with Gasteiger partial charge in [0.05, 0.1) is 13.7 Å². The fraction of sp³-hybridized carbons (Fsp3) is 0.684. The van der Waals surface area contributed by atoms with E-state index in [1.54, 1.807) is 7.11 Å². The summed E-state index contributed by atoms with van der Waals surface area (Å²) < 4.78 is 11.5. The van der Waals surface area contributed by atoms with E-state index in [1.807, 2.05) is 6.07 Å². The molecule has 124 valence electrons. The smallest absolute Gasteiger partial charge is 0.165 e. The summed E-state index contributed by atoms with van der Waals surface area (Å²) >= 11 is 0. The minimum Gasteiger partial charge on any atom is -0.493 e. The number of para-hydroxylation sites is 1. The van der Waals surface area contributed by atoms with Crippen molar-refractivity contribution in [2.75, 3.05) is 13.7 Å². The first kappa shape index (κ1) is 17.1. The molecule has 1 aromatic rings. The minimum atomic E-state index is 0.670. The van der Waals surface area contributed by atoms with Crippen LogP contribution in [0.2, 0.25) is 0 Å². The average Bonchev–Trinajstić information content (AvgIpc) is 3.06. The number of nitrogens with one attached hydrogen (secondary N) is 1. The predicted octanol–water partition coefficient (Wildman–Crippen LogP) is 4.69. The summed E-state index contributed by atoms with van der Waals surface area (Å²) in [6.07, 6.45) is 10.2. The van der Waals surface area contributed by atoms with Crippen molar-refractivity contribution in [3.63, 3.8) is 0 Å². The van der Waals surface area contributed by atoms with Crippen LogP contribution in [0, 0.1) is 0 Å². The topological polar surface area (TPSA) is 30.5 Å². The normalized spacial score (nSPS) is 15.2. The number of methoxy groups -OCH3 is 1. The number of ether oxygens (including phenoxy) is 2. The number of benzene rings is 1. The van der Waals surface area contributed by atoms with Crippen molar-refractivity contribution in [1.82, 2.24) is 5.32 Å². The van der Waals surface area contributed by atoms with Gasteiger partial charge in [0.15, 0.2) is 11.5 Å². The lowest BCUT2D eigenvalue weighted by atomic mass is 10.1. The van der Waals surface area contributed by atoms with Gasteiger partial charge in [0.2, 0.25) is 0 Å². The lowest BCUT2D eigenvalue weighted by Crippen LogP contribution is -2.25. The molecular weight excluding hydrogens is 274 g/mol. The molecule has 1 fully saturated rings. The molecule has 1 aromatic carbocycles. The van der Waals surface area contributed by atoms with E-state index in [4.69, 9.17) is 9.47 Å². The van der Waals surface area contributed by atoms with Gasteiger partial charge < -0.3 is 14.8 Å². The maximum absolute atomic E-state index is 6.06. The lowest BCUT2D eigenvalue weighted by molar-refractivity contribution is 0.281. The van der Waals surface area contributed by atoms with E-state index in [0.29, 0.717) is 6.04 Å². The van der Waals surface area contributed by atoms with Crippen LogP contribution in [-0.2, 0) is 6.54 Å². The standard InChI is InChI=1S/C19H31NO2/c1-3-4-5-8-14-22-19-16(10-9-13-18(19)21-2)15-20-17-11-6-7-12-17/h9-10,13,17,20H,3-8,11-12,14-15H2,1-2H3. The molecule has 0 unspecified atom stereocenters. The summed E-state index contributed by atoms with van der Waals surface area (Å²) in [6, 6.07) is 6.85. The summed E-state index contributed by atoms with van der Waals surface area (Å²) in [5, 5.41) is 3.66. The lowest BCUT2D eigenvalue weighted by Gasteiger charge is -2.17. The first-order valence-corrected chi connectivity index (χ1v) is 8.87. The third kappa shape index (κ3) is 5.20. The van der Waals surface area contributed by atoms with E-state index in [2.05, 4.69) is 24.4 Å². The maximum atomic E-state index is 6.06. The van der Waals surface area contributed by atoms with Crippen LogP contribution >= 0.6 is 0 Å². The summed E-state index contributed by atoms with van der Waals surface area (Å²) in [5.74, 6) is 1.77. The number of rotatable bonds is 10. The van der Waals surface area contributed by atoms with Crippen LogP contribution in [0.4, 0.5) is 0 Å². The van der Waals surface area contributed by atoms with E-state index in [1.165, 1.54) is 50.5 Å². The van der Waals surface area contributed by atoms with Crippen molar-refractivity contribution in [3.8, 4) is 11.5 Å². The number of hydrogen-bond acceptors (Lipinski definition) is 3. The van der Waals surface area contributed by atoms with Crippen molar-refractivity contribution in [2.45, 2.75) is 70.9 Å². The molecule has 3 nitrogen and oxygen atoms in total. The molecule has 0 spiro atoms. The maximum Gasteiger partial charge on any atom is 0.165 e. The monoisotopic (exact) mass is 305 g/mol. The quantitative estimate of drug-likeness (QED) is 0.636. The van der Waals surface area contributed by atoms with Crippen molar-refractivity contribution in [3.05, 3.63) is 23.8 Å². The first-order valence-electron chi connectivity index (χ1n) is 8.87. The first-order chi connectivity index (χ1) is 10.8. The summed E-state index contributed by atoms with van der Waals surface area (Å²) in [5.41, 5.74) is 1.21. The second-order valence-electron chi connectivity index (χ2n) is 6.22. The van der Waals surface area contributed by atoms with Gasteiger partial charge in [0.1, 0.15) is 0 Å². The van der Waals surface area contributed by atoms with E-state index in [9.17, 15) is 0 Å². The van der Waals surface area contributed by atoms with Crippen molar-refractivity contribution < 1.29 is 9.47 Å². The summed E-state index contributed by atoms with van der Waals surface area (Å²) in [7, 11) is 1.72. The third-order valence-electron chi connectivity index (χ3n) is 4.46. The Kier molecular flexibility index (Phi) is 7.58. The number of hydrogen-bond donors (Lipinski definition) is 1. The molecule has 3 heteroatoms. The molecular formula is C19H31NO2. The third-order valence-corrected chi connectivity index (χ3v) is 4.46. The summed E-state index contributed by atoms with van der Waals surface area (Å²) in [4.78, 5) is 0. The van der Waals surface area contributed by atoms with Gasteiger partial charge >= 0.3 is 0 Å². The Morgan fingerprint density at radius 2 is 1.95 bits per heavy atom. The van der Waals surface area contributed by atoms with Crippen LogP contribution < -0.4 is 14.8 Å². The van der Waals surface area contributed by atoms with Crippen LogP contribution in [0.25, 0.3) is 0 Å². The fourth-order valence-electron chi connectivity index (χ4n) is 3.11. The molecule has 0 heterocycles. The molecule has 0 saturated heterocycles. The molecule has 0 atom stereocenters. The van der Waals surface area contributed by atoms with E-state index >= 15 is 0 Å². The SMILES string of the molecule is CCCCCCOc1c(CNC2CCCC2)cccc1OC. The van der Waals surface area contributed by atoms with Crippen molar-refractivity contribution >= 4 is 0 Å². The van der Waals surface area contributed by atoms with Gasteiger partial charge in [-0.15, -0.1) is 0 Å². The van der Waals surface area contributed by atoms with Crippen LogP contribution in [0.3, 0.4) is 0 Å². The highest BCUT2D eigenvalue weighted by Crippen LogP contribution is 2.31. The molecule has 1 saturated carbocycles. The second-order valence-corrected chi connectivity index (χ2v) is 6.22. The van der Waals surface area contributed by atoms with Crippen LogP contribution in [0.15, 0.2) is 18.2 Å². The van der Waals surface area contributed by atoms with Gasteiger partial charge in [-0.25, -0.2) is 0 Å². The molecule has 1 N–H and O–H groups in total. The zero-order valence-corrected chi connectivity index (χ0v) is 14.2. The van der Waals surface area contributed by atoms with Crippen LogP contribution in [0.5, 0.6) is 11.5 Å². The zero-order chi connectivity index (χ0) is 15.6. The van der Waals surface area contributed by atoms with Gasteiger partial charge in [0, 0.05) is 18.2 Å². The van der Waals surface area contributed by atoms with Crippen molar-refractivity contribution in [1.29, 1.82) is 0 Å². The molecule has 0 radical (unpaired) electrons. The van der Waals surface area contributed by atoms with Gasteiger partial charge in [-0.1, -0.05) is 51.2 Å². The Morgan fingerprint density at radius 1 is 1.14 bits per heavy atom. The van der Waals surface area contributed by atoms with Crippen LogP contribution in [-0.4, -0.2) is 19.8 Å². The Hall–Kier alpha value is -1.22. The largest absolute Gasteiger partial charge is 0.493 e. The van der Waals surface area contributed by atoms with Gasteiger partial charge in [0.25, 0.3) is 0 Å². The average molecular weight is 305 g/mol. The molecule has 0 aromatic heterocycles. The Labute approximate surface area is 135 Å². The summed E-state index contributed by atoms with van der Waals surface area (Å²) in [6.45, 7) is 3.87. The molecule has 1 aliphatic rings. The fourth-order valence-corrected chi connectivity index (χ4v) is 3.11. The van der Waals surface area contributed by atoms with Crippen LogP contribution in [0.1, 0.15) is 63.9 Å². The highest BCUT2D eigenvalue weighted by Gasteiger charge is 2.16. The van der Waals surface area contributed by atoms with E-state index < -0.39 is 0 Å². The minimum absolute atomic E-state index is 0.670. The number of unbranched alkanes of at least 4 members (excludes halogenated alkanes) is 3. The highest BCUT2D eigenvalue weighted by molar-refractivity contribution is 5.46.